The van der Waals surface area contributed by atoms with Gasteiger partial charge in [0.25, 0.3) is 0 Å². The third-order valence-electron chi connectivity index (χ3n) is 2.64. The van der Waals surface area contributed by atoms with Crippen LogP contribution in [-0.4, -0.2) is 40.0 Å². The molecule has 114 valence electrons. The van der Waals surface area contributed by atoms with E-state index in [1.165, 1.54) is 6.26 Å². The Kier molecular flexibility index (Phi) is 8.79. The van der Waals surface area contributed by atoms with Crippen molar-refractivity contribution in [3.8, 4) is 0 Å². The summed E-state index contributed by atoms with van der Waals surface area (Å²) in [7, 11) is -1.29. The van der Waals surface area contributed by atoms with Crippen LogP contribution in [0.1, 0.15) is 18.5 Å². The smallest absolute Gasteiger partial charge is 0.191 e. The van der Waals surface area contributed by atoms with Gasteiger partial charge in [0.15, 0.2) is 5.96 Å². The van der Waals surface area contributed by atoms with Gasteiger partial charge in [-0.1, -0.05) is 30.3 Å². The first kappa shape index (κ1) is 19.2. The predicted molar refractivity (Wildman–Crippen MR) is 94.5 cm³/mol. The zero-order valence-electron chi connectivity index (χ0n) is 12.0. The number of benzene rings is 1. The van der Waals surface area contributed by atoms with Crippen LogP contribution in [0.2, 0.25) is 0 Å². The maximum atomic E-state index is 11.0. The lowest BCUT2D eigenvalue weighted by atomic mass is 10.1. The molecule has 1 aromatic carbocycles. The van der Waals surface area contributed by atoms with Crippen LogP contribution in [0.4, 0.5) is 0 Å². The Morgan fingerprint density at radius 3 is 2.40 bits per heavy atom. The molecular formula is C13H22IN3O2S. The molecule has 0 aliphatic heterocycles. The van der Waals surface area contributed by atoms with Gasteiger partial charge in [0.05, 0.1) is 11.8 Å². The number of hydrogen-bond donors (Lipinski definition) is 2. The van der Waals surface area contributed by atoms with Crippen molar-refractivity contribution in [1.29, 1.82) is 0 Å². The second kappa shape index (κ2) is 9.17. The molecular weight excluding hydrogens is 389 g/mol. The van der Waals surface area contributed by atoms with Crippen molar-refractivity contribution in [3.63, 3.8) is 0 Å². The molecule has 5 nitrogen and oxygen atoms in total. The molecule has 0 aliphatic carbocycles. The summed E-state index contributed by atoms with van der Waals surface area (Å²) < 4.78 is 22.1. The van der Waals surface area contributed by atoms with Crippen LogP contribution in [0.25, 0.3) is 0 Å². The molecule has 7 heteroatoms. The average Bonchev–Trinajstić information content (AvgIpc) is 2.37. The van der Waals surface area contributed by atoms with E-state index in [9.17, 15) is 8.42 Å². The molecule has 0 aromatic heterocycles. The third-order valence-corrected chi connectivity index (χ3v) is 3.59. The highest BCUT2D eigenvalue weighted by atomic mass is 127. The molecule has 0 bridgehead atoms. The second-order valence-corrected chi connectivity index (χ2v) is 6.67. The lowest BCUT2D eigenvalue weighted by molar-refractivity contribution is 0.600. The molecule has 20 heavy (non-hydrogen) atoms. The molecule has 0 amide bonds. The minimum absolute atomic E-state index is 0. The number of hydrogen-bond acceptors (Lipinski definition) is 3. The zero-order valence-corrected chi connectivity index (χ0v) is 15.1. The highest BCUT2D eigenvalue weighted by molar-refractivity contribution is 14.0. The fourth-order valence-corrected chi connectivity index (χ4v) is 2.05. The Bertz CT molecular complexity index is 518. The van der Waals surface area contributed by atoms with Gasteiger partial charge in [-0.2, -0.15) is 0 Å². The Morgan fingerprint density at radius 1 is 1.30 bits per heavy atom. The number of guanidine groups is 1. The molecule has 0 heterocycles. The summed E-state index contributed by atoms with van der Waals surface area (Å²) in [6, 6.07) is 10.1. The minimum atomic E-state index is -2.95. The van der Waals surface area contributed by atoms with E-state index in [1.54, 1.807) is 7.05 Å². The van der Waals surface area contributed by atoms with Gasteiger partial charge < -0.3 is 10.6 Å². The number of nitrogens with zero attached hydrogens (tertiary/aromatic N) is 1. The molecule has 1 rings (SSSR count). The lowest BCUT2D eigenvalue weighted by Gasteiger charge is -2.18. The van der Waals surface area contributed by atoms with Gasteiger partial charge in [0.1, 0.15) is 9.84 Å². The van der Waals surface area contributed by atoms with E-state index < -0.39 is 9.84 Å². The van der Waals surface area contributed by atoms with Gasteiger partial charge in [-0.15, -0.1) is 24.0 Å². The fourth-order valence-electron chi connectivity index (χ4n) is 1.58. The van der Waals surface area contributed by atoms with Gasteiger partial charge in [0.2, 0.25) is 0 Å². The Morgan fingerprint density at radius 2 is 1.90 bits per heavy atom. The van der Waals surface area contributed by atoms with Crippen molar-refractivity contribution in [1.82, 2.24) is 10.6 Å². The first-order chi connectivity index (χ1) is 8.92. The summed E-state index contributed by atoms with van der Waals surface area (Å²) in [5.74, 6) is 0.688. The summed E-state index contributed by atoms with van der Waals surface area (Å²) in [4.78, 5) is 4.07. The van der Waals surface area contributed by atoms with E-state index in [0.29, 0.717) is 12.5 Å². The molecule has 0 spiro atoms. The standard InChI is InChI=1S/C13H21N3O2S.HI/c1-11(12-7-5-4-6-8-12)16-13(14-2)15-9-10-19(3,17)18;/h4-8,11H,9-10H2,1-3H3,(H2,14,15,16);1H. The highest BCUT2D eigenvalue weighted by Gasteiger charge is 2.08. The topological polar surface area (TPSA) is 70.6 Å². The SMILES string of the molecule is CN=C(NCCS(C)(=O)=O)NC(C)c1ccccc1.I. The molecule has 0 fully saturated rings. The molecule has 0 saturated carbocycles. The van der Waals surface area contributed by atoms with Crippen LogP contribution in [0.3, 0.4) is 0 Å². The van der Waals surface area contributed by atoms with E-state index in [2.05, 4.69) is 15.6 Å². The summed E-state index contributed by atoms with van der Waals surface area (Å²) in [6.07, 6.45) is 1.22. The molecule has 2 N–H and O–H groups in total. The minimum Gasteiger partial charge on any atom is -0.355 e. The molecule has 1 unspecified atom stereocenters. The van der Waals surface area contributed by atoms with Crippen molar-refractivity contribution < 1.29 is 8.42 Å². The maximum Gasteiger partial charge on any atom is 0.191 e. The van der Waals surface area contributed by atoms with E-state index in [-0.39, 0.29) is 35.8 Å². The van der Waals surface area contributed by atoms with Crippen molar-refractivity contribution in [3.05, 3.63) is 35.9 Å². The third kappa shape index (κ3) is 7.68. The van der Waals surface area contributed by atoms with Gasteiger partial charge in [-0.05, 0) is 12.5 Å². The maximum absolute atomic E-state index is 11.0. The number of aliphatic imine (C=N–C) groups is 1. The number of rotatable bonds is 5. The summed E-state index contributed by atoms with van der Waals surface area (Å²) >= 11 is 0. The largest absolute Gasteiger partial charge is 0.355 e. The van der Waals surface area contributed by atoms with Gasteiger partial charge >= 0.3 is 0 Å². The van der Waals surface area contributed by atoms with E-state index >= 15 is 0 Å². The van der Waals surface area contributed by atoms with Crippen LogP contribution >= 0.6 is 24.0 Å². The van der Waals surface area contributed by atoms with Gasteiger partial charge in [-0.25, -0.2) is 8.42 Å². The molecule has 0 saturated heterocycles. The molecule has 1 aromatic rings. The van der Waals surface area contributed by atoms with E-state index in [0.717, 1.165) is 5.56 Å². The monoisotopic (exact) mass is 411 g/mol. The number of sulfone groups is 1. The van der Waals surface area contributed by atoms with Crippen LogP contribution in [0.15, 0.2) is 35.3 Å². The summed E-state index contributed by atoms with van der Waals surface area (Å²) in [5, 5.41) is 6.20. The Hall–Kier alpha value is -0.830. The van der Waals surface area contributed by atoms with Crippen molar-refractivity contribution >= 4 is 39.8 Å². The summed E-state index contributed by atoms with van der Waals surface area (Å²) in [6.45, 7) is 2.37. The summed E-state index contributed by atoms with van der Waals surface area (Å²) in [5.41, 5.74) is 1.15. The van der Waals surface area contributed by atoms with Gasteiger partial charge in [-0.3, -0.25) is 4.99 Å². The fraction of sp³-hybridized carbons (Fsp3) is 0.462. The van der Waals surface area contributed by atoms with Crippen LogP contribution in [0, 0.1) is 0 Å². The van der Waals surface area contributed by atoms with Crippen molar-refractivity contribution in [2.24, 2.45) is 4.99 Å². The van der Waals surface area contributed by atoms with Crippen LogP contribution in [-0.2, 0) is 9.84 Å². The van der Waals surface area contributed by atoms with Crippen LogP contribution < -0.4 is 10.6 Å². The Labute approximate surface area is 138 Å². The van der Waals surface area contributed by atoms with E-state index in [1.807, 2.05) is 37.3 Å². The second-order valence-electron chi connectivity index (χ2n) is 4.41. The highest BCUT2D eigenvalue weighted by Crippen LogP contribution is 2.10. The first-order valence-electron chi connectivity index (χ1n) is 6.12. The quantitative estimate of drug-likeness (QED) is 0.439. The van der Waals surface area contributed by atoms with E-state index in [4.69, 9.17) is 0 Å². The van der Waals surface area contributed by atoms with Crippen LogP contribution in [0.5, 0.6) is 0 Å². The normalized spacial score (nSPS) is 13.2. The average molecular weight is 411 g/mol. The first-order valence-corrected chi connectivity index (χ1v) is 8.18. The van der Waals surface area contributed by atoms with Crippen molar-refractivity contribution in [2.75, 3.05) is 25.6 Å². The molecule has 0 radical (unpaired) electrons. The van der Waals surface area contributed by atoms with Gasteiger partial charge in [0, 0.05) is 19.8 Å². The van der Waals surface area contributed by atoms with Crippen molar-refractivity contribution in [2.45, 2.75) is 13.0 Å². The molecule has 1 atom stereocenters. The molecule has 0 aliphatic rings. The Balaban J connectivity index is 0.00000361. The zero-order chi connectivity index (χ0) is 14.3. The lowest BCUT2D eigenvalue weighted by Crippen LogP contribution is -2.40. The predicted octanol–water partition coefficient (Wildman–Crippen LogP) is 1.58. The number of halogens is 1. The number of nitrogens with one attached hydrogen (secondary N) is 2.